The summed E-state index contributed by atoms with van der Waals surface area (Å²) >= 11 is 0. The fourth-order valence-electron chi connectivity index (χ4n) is 2.23. The van der Waals surface area contributed by atoms with Gasteiger partial charge in [-0.15, -0.1) is 12.4 Å². The van der Waals surface area contributed by atoms with Gasteiger partial charge in [-0.25, -0.2) is 0 Å². The molecule has 2 N–H and O–H groups in total. The number of aromatic amines is 1. The van der Waals surface area contributed by atoms with Gasteiger partial charge < -0.3 is 5.32 Å². The minimum atomic E-state index is -4.37. The van der Waals surface area contributed by atoms with Crippen LogP contribution in [0.15, 0.2) is 6.07 Å². The fraction of sp³-hybridized carbons (Fsp3) is 0.727. The van der Waals surface area contributed by atoms with E-state index in [9.17, 15) is 13.2 Å². The van der Waals surface area contributed by atoms with Crippen LogP contribution in [0.25, 0.3) is 0 Å². The van der Waals surface area contributed by atoms with E-state index in [2.05, 4.69) is 20.4 Å². The molecule has 0 atom stereocenters. The highest BCUT2D eigenvalue weighted by Gasteiger charge is 2.34. The monoisotopic (exact) mass is 298 g/mol. The van der Waals surface area contributed by atoms with Gasteiger partial charge in [0, 0.05) is 18.3 Å². The summed E-state index contributed by atoms with van der Waals surface area (Å²) in [6.07, 6.45) is -2.32. The van der Waals surface area contributed by atoms with Crippen molar-refractivity contribution in [2.45, 2.75) is 31.6 Å². The summed E-state index contributed by atoms with van der Waals surface area (Å²) in [5, 5.41) is 9.01. The van der Waals surface area contributed by atoms with Crippen molar-refractivity contribution in [1.82, 2.24) is 20.4 Å². The van der Waals surface area contributed by atoms with Gasteiger partial charge in [-0.05, 0) is 39.0 Å². The molecule has 0 radical (unpaired) electrons. The van der Waals surface area contributed by atoms with E-state index in [0.717, 1.165) is 32.0 Å². The van der Waals surface area contributed by atoms with Crippen molar-refractivity contribution in [3.8, 4) is 0 Å². The molecule has 0 unspecified atom stereocenters. The molecular formula is C11H18ClF3N4. The Balaban J connectivity index is 0.00000180. The SMILES string of the molecule is CN(Cc1cc(C(F)(F)F)n[nH]1)C1CCNCC1.Cl. The second kappa shape index (κ2) is 6.58. The van der Waals surface area contributed by atoms with E-state index >= 15 is 0 Å². The molecule has 1 aliphatic heterocycles. The van der Waals surface area contributed by atoms with E-state index in [1.807, 2.05) is 7.05 Å². The first kappa shape index (κ1) is 16.3. The number of nitrogens with one attached hydrogen (secondary N) is 2. The Kier molecular flexibility index (Phi) is 5.64. The van der Waals surface area contributed by atoms with Crippen molar-refractivity contribution in [2.24, 2.45) is 0 Å². The van der Waals surface area contributed by atoms with Crippen LogP contribution >= 0.6 is 12.4 Å². The van der Waals surface area contributed by atoms with Gasteiger partial charge in [0.1, 0.15) is 0 Å². The first-order chi connectivity index (χ1) is 8.47. The van der Waals surface area contributed by atoms with Crippen LogP contribution < -0.4 is 5.32 Å². The van der Waals surface area contributed by atoms with E-state index in [1.165, 1.54) is 0 Å². The molecule has 8 heteroatoms. The van der Waals surface area contributed by atoms with E-state index in [-0.39, 0.29) is 12.4 Å². The number of hydrogen-bond acceptors (Lipinski definition) is 3. The lowest BCUT2D eigenvalue weighted by Crippen LogP contribution is -2.40. The number of nitrogens with zero attached hydrogens (tertiary/aromatic N) is 2. The summed E-state index contributed by atoms with van der Waals surface area (Å²) in [7, 11) is 1.93. The van der Waals surface area contributed by atoms with Gasteiger partial charge in [-0.1, -0.05) is 0 Å². The highest BCUT2D eigenvalue weighted by atomic mass is 35.5. The number of piperidine rings is 1. The van der Waals surface area contributed by atoms with Crippen LogP contribution in [0.1, 0.15) is 24.2 Å². The number of halogens is 4. The second-order valence-electron chi connectivity index (χ2n) is 4.67. The standard InChI is InChI=1S/C11H17F3N4.ClH/c1-18(9-2-4-15-5-3-9)7-8-6-10(17-16-8)11(12,13)14;/h6,9,15H,2-5,7H2,1H3,(H,16,17);1H. The first-order valence-electron chi connectivity index (χ1n) is 5.99. The molecule has 0 aromatic carbocycles. The Bertz CT molecular complexity index is 388. The molecule has 1 aromatic heterocycles. The lowest BCUT2D eigenvalue weighted by molar-refractivity contribution is -0.141. The third kappa shape index (κ3) is 4.36. The van der Waals surface area contributed by atoms with Gasteiger partial charge in [0.05, 0.1) is 0 Å². The van der Waals surface area contributed by atoms with Crippen LogP contribution in [0.3, 0.4) is 0 Å². The lowest BCUT2D eigenvalue weighted by atomic mass is 10.1. The smallest absolute Gasteiger partial charge is 0.317 e. The molecular weight excluding hydrogens is 281 g/mol. The van der Waals surface area contributed by atoms with Gasteiger partial charge >= 0.3 is 6.18 Å². The second-order valence-corrected chi connectivity index (χ2v) is 4.67. The highest BCUT2D eigenvalue weighted by Crippen LogP contribution is 2.28. The summed E-state index contributed by atoms with van der Waals surface area (Å²) in [6.45, 7) is 2.39. The Morgan fingerprint density at radius 3 is 2.53 bits per heavy atom. The van der Waals surface area contributed by atoms with Crippen molar-refractivity contribution in [3.05, 3.63) is 17.5 Å². The zero-order valence-electron chi connectivity index (χ0n) is 10.6. The molecule has 0 saturated carbocycles. The molecule has 1 saturated heterocycles. The maximum Gasteiger partial charge on any atom is 0.435 e. The van der Waals surface area contributed by atoms with Crippen LogP contribution in [0.2, 0.25) is 0 Å². The van der Waals surface area contributed by atoms with Crippen LogP contribution in [0, 0.1) is 0 Å². The first-order valence-corrected chi connectivity index (χ1v) is 5.99. The Morgan fingerprint density at radius 2 is 2.00 bits per heavy atom. The zero-order valence-corrected chi connectivity index (χ0v) is 11.4. The minimum absolute atomic E-state index is 0. The topological polar surface area (TPSA) is 44.0 Å². The number of alkyl halides is 3. The van der Waals surface area contributed by atoms with Crippen molar-refractivity contribution in [1.29, 1.82) is 0 Å². The third-order valence-corrected chi connectivity index (χ3v) is 3.27. The molecule has 110 valence electrons. The molecule has 0 aliphatic carbocycles. The van der Waals surface area contributed by atoms with E-state index < -0.39 is 11.9 Å². The van der Waals surface area contributed by atoms with Gasteiger partial charge in [0.25, 0.3) is 0 Å². The van der Waals surface area contributed by atoms with Gasteiger partial charge in [0.15, 0.2) is 5.69 Å². The van der Waals surface area contributed by atoms with Crippen molar-refractivity contribution in [3.63, 3.8) is 0 Å². The van der Waals surface area contributed by atoms with Crippen molar-refractivity contribution in [2.75, 3.05) is 20.1 Å². The van der Waals surface area contributed by atoms with Crippen molar-refractivity contribution < 1.29 is 13.2 Å². The van der Waals surface area contributed by atoms with Crippen LogP contribution in [0.5, 0.6) is 0 Å². The van der Waals surface area contributed by atoms with E-state index in [1.54, 1.807) is 0 Å². The molecule has 19 heavy (non-hydrogen) atoms. The minimum Gasteiger partial charge on any atom is -0.317 e. The maximum absolute atomic E-state index is 12.4. The molecule has 4 nitrogen and oxygen atoms in total. The van der Waals surface area contributed by atoms with E-state index in [0.29, 0.717) is 18.3 Å². The number of rotatable bonds is 3. The Labute approximate surface area is 116 Å². The quantitative estimate of drug-likeness (QED) is 0.897. The molecule has 2 rings (SSSR count). The number of H-pyrrole nitrogens is 1. The van der Waals surface area contributed by atoms with Gasteiger partial charge in [-0.2, -0.15) is 18.3 Å². The maximum atomic E-state index is 12.4. The predicted octanol–water partition coefficient (Wildman–Crippen LogP) is 2.03. The van der Waals surface area contributed by atoms with Crippen LogP contribution in [-0.4, -0.2) is 41.3 Å². The molecule has 1 aromatic rings. The molecule has 0 amide bonds. The predicted molar refractivity (Wildman–Crippen MR) is 68.2 cm³/mol. The average molecular weight is 299 g/mol. The normalized spacial score (nSPS) is 17.5. The Hall–Kier alpha value is -0.790. The zero-order chi connectivity index (χ0) is 13.2. The van der Waals surface area contributed by atoms with Crippen LogP contribution in [-0.2, 0) is 12.7 Å². The largest absolute Gasteiger partial charge is 0.435 e. The molecule has 1 aliphatic rings. The molecule has 0 spiro atoms. The van der Waals surface area contributed by atoms with E-state index in [4.69, 9.17) is 0 Å². The third-order valence-electron chi connectivity index (χ3n) is 3.27. The lowest BCUT2D eigenvalue weighted by Gasteiger charge is -2.31. The molecule has 1 fully saturated rings. The fourth-order valence-corrected chi connectivity index (χ4v) is 2.23. The highest BCUT2D eigenvalue weighted by molar-refractivity contribution is 5.85. The van der Waals surface area contributed by atoms with Gasteiger partial charge in [0.2, 0.25) is 0 Å². The summed E-state index contributed by atoms with van der Waals surface area (Å²) in [5.74, 6) is 0. The summed E-state index contributed by atoms with van der Waals surface area (Å²) in [5.41, 5.74) is -0.348. The van der Waals surface area contributed by atoms with Gasteiger partial charge in [-0.3, -0.25) is 10.00 Å². The number of aromatic nitrogens is 2. The summed E-state index contributed by atoms with van der Waals surface area (Å²) in [4.78, 5) is 2.08. The summed E-state index contributed by atoms with van der Waals surface area (Å²) < 4.78 is 37.2. The number of hydrogen-bond donors (Lipinski definition) is 2. The van der Waals surface area contributed by atoms with Crippen LogP contribution in [0.4, 0.5) is 13.2 Å². The summed E-state index contributed by atoms with van der Waals surface area (Å²) in [6, 6.07) is 1.50. The molecule has 2 heterocycles. The van der Waals surface area contributed by atoms with Crippen molar-refractivity contribution >= 4 is 12.4 Å². The average Bonchev–Trinajstić information content (AvgIpc) is 2.78. The molecule has 0 bridgehead atoms. The Morgan fingerprint density at radius 1 is 1.37 bits per heavy atom.